The second kappa shape index (κ2) is 6.27. The van der Waals surface area contributed by atoms with E-state index in [9.17, 15) is 14.7 Å². The molecule has 0 saturated carbocycles. The minimum Gasteiger partial charge on any atom is -0.544 e. The quantitative estimate of drug-likeness (QED) is 0.341. The van der Waals surface area contributed by atoms with Gasteiger partial charge in [-0.05, 0) is 12.5 Å². The first-order valence-electron chi connectivity index (χ1n) is 5.21. The number of carbonyl (C=O) groups excluding carboxylic acids is 2. The Morgan fingerprint density at radius 2 is 2.00 bits per heavy atom. The second-order valence-electron chi connectivity index (χ2n) is 4.59. The highest BCUT2D eigenvalue weighted by molar-refractivity contribution is 5.86. The molecule has 92 valence electrons. The van der Waals surface area contributed by atoms with Gasteiger partial charge in [0.2, 0.25) is 5.91 Å². The van der Waals surface area contributed by atoms with Crippen molar-refractivity contribution in [3.63, 3.8) is 0 Å². The maximum atomic E-state index is 10.9. The zero-order valence-electron chi connectivity index (χ0n) is 10.2. The Kier molecular flexibility index (Phi) is 5.74. The molecule has 5 heteroatoms. The average Bonchev–Trinajstić information content (AvgIpc) is 2.14. The topological polar surface area (TPSA) is 69.2 Å². The number of quaternary nitrogens is 1. The van der Waals surface area contributed by atoms with E-state index in [1.54, 1.807) is 0 Å². The highest BCUT2D eigenvalue weighted by Crippen LogP contribution is 2.08. The lowest BCUT2D eigenvalue weighted by Gasteiger charge is -2.34. The van der Waals surface area contributed by atoms with Crippen LogP contribution in [0.2, 0.25) is 0 Å². The fourth-order valence-corrected chi connectivity index (χ4v) is 1.40. The number of hydrogen-bond donors (Lipinski definition) is 1. The van der Waals surface area contributed by atoms with Crippen molar-refractivity contribution in [1.82, 2.24) is 5.32 Å². The Balaban J connectivity index is 4.01. The van der Waals surface area contributed by atoms with Gasteiger partial charge in [0.05, 0.1) is 27.1 Å². The third-order valence-electron chi connectivity index (χ3n) is 2.35. The van der Waals surface area contributed by atoms with Gasteiger partial charge in [0.15, 0.2) is 0 Å². The van der Waals surface area contributed by atoms with Crippen LogP contribution in [0.25, 0.3) is 0 Å². The van der Waals surface area contributed by atoms with E-state index >= 15 is 0 Å². The molecule has 0 radical (unpaired) electrons. The van der Waals surface area contributed by atoms with E-state index in [2.05, 4.69) is 11.9 Å². The van der Waals surface area contributed by atoms with Crippen LogP contribution in [0.1, 0.15) is 12.8 Å². The van der Waals surface area contributed by atoms with Gasteiger partial charge < -0.3 is 19.7 Å². The van der Waals surface area contributed by atoms with Crippen LogP contribution in [0, 0.1) is 0 Å². The number of amides is 1. The molecule has 1 amide bonds. The molecule has 0 fully saturated rings. The van der Waals surface area contributed by atoms with Crippen LogP contribution in [0.3, 0.4) is 0 Å². The fourth-order valence-electron chi connectivity index (χ4n) is 1.40. The van der Waals surface area contributed by atoms with Crippen molar-refractivity contribution in [2.75, 3.05) is 27.7 Å². The van der Waals surface area contributed by atoms with Crippen LogP contribution < -0.4 is 10.4 Å². The molecule has 0 heterocycles. The van der Waals surface area contributed by atoms with Crippen molar-refractivity contribution in [2.24, 2.45) is 0 Å². The third kappa shape index (κ3) is 5.50. The number of nitrogens with one attached hydrogen (secondary N) is 1. The molecule has 0 aliphatic carbocycles. The number of nitrogens with zero attached hydrogens (tertiary/aromatic N) is 1. The molecule has 0 rings (SSSR count). The van der Waals surface area contributed by atoms with Crippen molar-refractivity contribution >= 4 is 11.9 Å². The van der Waals surface area contributed by atoms with Crippen LogP contribution in [0.4, 0.5) is 0 Å². The average molecular weight is 228 g/mol. The largest absolute Gasteiger partial charge is 0.544 e. The molecular weight excluding hydrogens is 208 g/mol. The molecule has 0 aromatic carbocycles. The highest BCUT2D eigenvalue weighted by atomic mass is 16.4. The number of likely N-dealkylation sites (N-methyl/N-ethyl adjacent to an activating group) is 1. The van der Waals surface area contributed by atoms with Gasteiger partial charge in [0.25, 0.3) is 0 Å². The summed E-state index contributed by atoms with van der Waals surface area (Å²) in [5.74, 6) is -1.29. The second-order valence-corrected chi connectivity index (χ2v) is 4.59. The first-order valence-corrected chi connectivity index (χ1v) is 5.21. The zero-order chi connectivity index (χ0) is 12.8. The van der Waals surface area contributed by atoms with Gasteiger partial charge in [-0.25, -0.2) is 0 Å². The smallest absolute Gasteiger partial charge is 0.243 e. The zero-order valence-corrected chi connectivity index (χ0v) is 10.2. The van der Waals surface area contributed by atoms with E-state index in [-0.39, 0.29) is 5.91 Å². The Labute approximate surface area is 96.3 Å². The van der Waals surface area contributed by atoms with Gasteiger partial charge in [-0.15, -0.1) is 0 Å². The first-order chi connectivity index (χ1) is 7.29. The van der Waals surface area contributed by atoms with Gasteiger partial charge in [-0.3, -0.25) is 4.79 Å². The summed E-state index contributed by atoms with van der Waals surface area (Å²) in [5.41, 5.74) is 0. The Morgan fingerprint density at radius 1 is 1.44 bits per heavy atom. The van der Waals surface area contributed by atoms with Crippen molar-refractivity contribution in [2.45, 2.75) is 18.9 Å². The van der Waals surface area contributed by atoms with Gasteiger partial charge >= 0.3 is 0 Å². The van der Waals surface area contributed by atoms with Gasteiger partial charge in [0.1, 0.15) is 6.04 Å². The minimum absolute atomic E-state index is 0.241. The monoisotopic (exact) mass is 228 g/mol. The molecule has 1 atom stereocenters. The highest BCUT2D eigenvalue weighted by Gasteiger charge is 2.24. The number of carbonyl (C=O) groups is 2. The van der Waals surface area contributed by atoms with E-state index in [4.69, 9.17) is 0 Å². The predicted molar refractivity (Wildman–Crippen MR) is 59.3 cm³/mol. The van der Waals surface area contributed by atoms with E-state index < -0.39 is 12.0 Å². The molecule has 1 unspecified atom stereocenters. The molecule has 0 bridgehead atoms. The van der Waals surface area contributed by atoms with Crippen molar-refractivity contribution in [3.05, 3.63) is 12.7 Å². The van der Waals surface area contributed by atoms with Crippen molar-refractivity contribution in [3.8, 4) is 0 Å². The molecule has 0 aliphatic rings. The molecule has 0 spiro atoms. The van der Waals surface area contributed by atoms with E-state index in [0.717, 1.165) is 0 Å². The number of rotatable bonds is 7. The van der Waals surface area contributed by atoms with Crippen LogP contribution in [0.15, 0.2) is 12.7 Å². The molecule has 5 nitrogen and oxygen atoms in total. The molecule has 1 N–H and O–H groups in total. The number of carboxylic acid groups (broad SMARTS) is 1. The predicted octanol–water partition coefficient (Wildman–Crippen LogP) is -1.11. The molecule has 0 saturated heterocycles. The Morgan fingerprint density at radius 3 is 2.38 bits per heavy atom. The maximum Gasteiger partial charge on any atom is 0.243 e. The molecule has 16 heavy (non-hydrogen) atoms. The van der Waals surface area contributed by atoms with E-state index in [1.807, 2.05) is 21.1 Å². The summed E-state index contributed by atoms with van der Waals surface area (Å²) in [6, 6.07) is -0.555. The fraction of sp³-hybridized carbons (Fsp3) is 0.636. The Hall–Kier alpha value is -1.36. The molecule has 0 aromatic heterocycles. The maximum absolute atomic E-state index is 10.9. The molecule has 0 aliphatic heterocycles. The van der Waals surface area contributed by atoms with Crippen LogP contribution in [0.5, 0.6) is 0 Å². The first kappa shape index (κ1) is 14.6. The molecule has 0 aromatic rings. The summed E-state index contributed by atoms with van der Waals surface area (Å²) >= 11 is 0. The lowest BCUT2D eigenvalue weighted by molar-refractivity contribution is -0.889. The summed E-state index contributed by atoms with van der Waals surface area (Å²) in [5, 5.41) is 13.5. The lowest BCUT2D eigenvalue weighted by Crippen LogP contribution is -2.54. The summed E-state index contributed by atoms with van der Waals surface area (Å²) in [4.78, 5) is 21.7. The summed E-state index contributed by atoms with van der Waals surface area (Å²) in [6.07, 6.45) is 2.27. The van der Waals surface area contributed by atoms with Crippen molar-refractivity contribution in [1.29, 1.82) is 0 Å². The summed E-state index contributed by atoms with van der Waals surface area (Å²) in [6.45, 7) is 3.78. The van der Waals surface area contributed by atoms with Gasteiger partial charge in [-0.2, -0.15) is 0 Å². The summed E-state index contributed by atoms with van der Waals surface area (Å²) in [7, 11) is 5.42. The SMILES string of the molecule is C=CC(=O)NCCCC(C(=O)[O-])[N+](C)(C)C. The standard InChI is InChI=1S/C11H20N2O3/c1-5-10(14)12-8-6-7-9(11(15)16)13(2,3)4/h5,9H,1,6-8H2,2-4H3,(H-,12,14,15,16). The van der Waals surface area contributed by atoms with Crippen LogP contribution in [-0.2, 0) is 9.59 Å². The van der Waals surface area contributed by atoms with E-state index in [0.29, 0.717) is 23.9 Å². The van der Waals surface area contributed by atoms with Gasteiger partial charge in [0, 0.05) is 13.0 Å². The van der Waals surface area contributed by atoms with Gasteiger partial charge in [-0.1, -0.05) is 6.58 Å². The number of hydrogen-bond acceptors (Lipinski definition) is 3. The molecular formula is C11H20N2O3. The van der Waals surface area contributed by atoms with Crippen LogP contribution in [-0.4, -0.2) is 50.1 Å². The van der Waals surface area contributed by atoms with Crippen molar-refractivity contribution < 1.29 is 19.2 Å². The summed E-state index contributed by atoms with van der Waals surface area (Å²) < 4.78 is 0.317. The number of carboxylic acids is 1. The van der Waals surface area contributed by atoms with Crippen LogP contribution >= 0.6 is 0 Å². The Bertz CT molecular complexity index is 269. The lowest BCUT2D eigenvalue weighted by atomic mass is 10.1. The normalized spacial score (nSPS) is 12.9. The minimum atomic E-state index is -1.05. The number of aliphatic carboxylic acids is 1. The van der Waals surface area contributed by atoms with E-state index in [1.165, 1.54) is 6.08 Å². The third-order valence-corrected chi connectivity index (χ3v) is 2.35.